The number of imidazole rings is 1. The van der Waals surface area contributed by atoms with Crippen molar-refractivity contribution < 1.29 is 44.6 Å². The van der Waals surface area contributed by atoms with E-state index in [0.717, 1.165) is 18.3 Å². The predicted molar refractivity (Wildman–Crippen MR) is 136 cm³/mol. The maximum atomic E-state index is 14.2. The van der Waals surface area contributed by atoms with Crippen molar-refractivity contribution in [2.45, 2.75) is 68.7 Å². The zero-order chi connectivity index (χ0) is 29.8. The fraction of sp³-hybridized carbons (Fsp3) is 0.538. The Labute approximate surface area is 231 Å². The van der Waals surface area contributed by atoms with Crippen LogP contribution >= 0.6 is 0 Å². The summed E-state index contributed by atoms with van der Waals surface area (Å²) in [5.74, 6) is -0.315. The molecule has 2 fully saturated rings. The van der Waals surface area contributed by atoms with Crippen molar-refractivity contribution in [2.75, 3.05) is 18.1 Å². The molecule has 8 nitrogen and oxygen atoms in total. The van der Waals surface area contributed by atoms with Gasteiger partial charge in [0.15, 0.2) is 0 Å². The van der Waals surface area contributed by atoms with E-state index in [-0.39, 0.29) is 72.2 Å². The monoisotopic (exact) mass is 606 g/mol. The number of rotatable bonds is 5. The Bertz CT molecular complexity index is 1510. The Morgan fingerprint density at radius 2 is 1.78 bits per heavy atom. The molecule has 0 unspecified atom stereocenters. The van der Waals surface area contributed by atoms with Crippen molar-refractivity contribution >= 4 is 20.9 Å². The minimum atomic E-state index is -4.75. The van der Waals surface area contributed by atoms with E-state index in [1.165, 1.54) is 23.0 Å². The third-order valence-electron chi connectivity index (χ3n) is 7.66. The number of pyridine rings is 1. The first-order chi connectivity index (χ1) is 19.0. The van der Waals surface area contributed by atoms with Gasteiger partial charge in [0.25, 0.3) is 0 Å². The number of sulfone groups is 1. The smallest absolute Gasteiger partial charge is 0.433 e. The van der Waals surface area contributed by atoms with E-state index in [0.29, 0.717) is 0 Å². The third kappa shape index (κ3) is 6.31. The molecule has 0 amide bonds. The summed E-state index contributed by atoms with van der Waals surface area (Å²) >= 11 is 0. The van der Waals surface area contributed by atoms with Crippen LogP contribution in [0.3, 0.4) is 0 Å². The van der Waals surface area contributed by atoms with E-state index in [4.69, 9.17) is 4.74 Å². The van der Waals surface area contributed by atoms with E-state index in [1.807, 2.05) is 0 Å². The molecule has 5 rings (SSSR count). The molecule has 0 saturated carbocycles. The molecule has 0 spiro atoms. The topological polar surface area (TPSA) is 106 Å². The molecule has 0 aliphatic carbocycles. The number of benzene rings is 1. The second kappa shape index (κ2) is 10.4. The fourth-order valence-corrected chi connectivity index (χ4v) is 7.24. The van der Waals surface area contributed by atoms with E-state index in [2.05, 4.69) is 15.3 Å². The van der Waals surface area contributed by atoms with E-state index in [1.54, 1.807) is 6.92 Å². The summed E-state index contributed by atoms with van der Waals surface area (Å²) in [6.07, 6.45) is -6.52. The van der Waals surface area contributed by atoms with Gasteiger partial charge < -0.3 is 19.7 Å². The molecule has 1 aromatic carbocycles. The summed E-state index contributed by atoms with van der Waals surface area (Å²) in [5.41, 5.74) is -3.48. The zero-order valence-corrected chi connectivity index (χ0v) is 22.7. The van der Waals surface area contributed by atoms with Crippen LogP contribution < -0.4 is 10.1 Å². The van der Waals surface area contributed by atoms with Crippen LogP contribution in [0.15, 0.2) is 36.8 Å². The normalized spacial score (nSPS) is 25.9. The highest BCUT2D eigenvalue weighted by molar-refractivity contribution is 7.91. The van der Waals surface area contributed by atoms with Gasteiger partial charge in [-0.15, -0.1) is 0 Å². The molecule has 3 atom stereocenters. The number of halogens is 6. The lowest BCUT2D eigenvalue weighted by atomic mass is 9.79. The molecule has 4 heterocycles. The van der Waals surface area contributed by atoms with Gasteiger partial charge in [-0.1, -0.05) is 6.07 Å². The number of aromatic nitrogens is 3. The first kappa shape index (κ1) is 29.6. The van der Waals surface area contributed by atoms with Gasteiger partial charge in [0, 0.05) is 36.0 Å². The largest absolute Gasteiger partial charge is 0.492 e. The number of nitrogens with one attached hydrogen (secondary N) is 1. The SMILES string of the molecule is C[C@H]1C[C@@](O)(c2ccc(C(F)(F)F)nc2)C[C@@H](COc2cc(C(F)(F)F)c3c(c2)ncn3C2CCS(=O)(=O)CC2)N1. The Kier molecular flexibility index (Phi) is 7.52. The summed E-state index contributed by atoms with van der Waals surface area (Å²) in [7, 11) is -3.21. The van der Waals surface area contributed by atoms with Gasteiger partial charge >= 0.3 is 12.4 Å². The molecule has 0 bridgehead atoms. The zero-order valence-electron chi connectivity index (χ0n) is 21.8. The van der Waals surface area contributed by atoms with Crippen LogP contribution in [0.5, 0.6) is 5.75 Å². The van der Waals surface area contributed by atoms with E-state index < -0.39 is 51.1 Å². The van der Waals surface area contributed by atoms with Crippen molar-refractivity contribution in [3.05, 3.63) is 53.6 Å². The molecule has 41 heavy (non-hydrogen) atoms. The number of piperidine rings is 1. The van der Waals surface area contributed by atoms with Crippen molar-refractivity contribution in [1.82, 2.24) is 19.9 Å². The highest BCUT2D eigenvalue weighted by Gasteiger charge is 2.41. The molecule has 15 heteroatoms. The summed E-state index contributed by atoms with van der Waals surface area (Å²) in [6, 6.07) is 2.95. The fourth-order valence-electron chi connectivity index (χ4n) is 5.77. The molecule has 2 aliphatic rings. The predicted octanol–water partition coefficient (Wildman–Crippen LogP) is 4.63. The average Bonchev–Trinajstić information content (AvgIpc) is 3.29. The number of hydrogen-bond acceptors (Lipinski definition) is 7. The van der Waals surface area contributed by atoms with Crippen LogP contribution in [0.25, 0.3) is 11.0 Å². The maximum Gasteiger partial charge on any atom is 0.433 e. The van der Waals surface area contributed by atoms with Crippen molar-refractivity contribution in [1.29, 1.82) is 0 Å². The van der Waals surface area contributed by atoms with Crippen LogP contribution in [0.1, 0.15) is 55.5 Å². The third-order valence-corrected chi connectivity index (χ3v) is 9.37. The first-order valence-electron chi connectivity index (χ1n) is 13.0. The highest BCUT2D eigenvalue weighted by atomic mass is 32.2. The summed E-state index contributed by atoms with van der Waals surface area (Å²) < 4.78 is 112. The quantitative estimate of drug-likeness (QED) is 0.408. The van der Waals surface area contributed by atoms with E-state index >= 15 is 0 Å². The van der Waals surface area contributed by atoms with Gasteiger partial charge in [0.05, 0.1) is 40.0 Å². The Balaban J connectivity index is 1.36. The lowest BCUT2D eigenvalue weighted by molar-refractivity contribution is -0.141. The van der Waals surface area contributed by atoms with Crippen LogP contribution in [0.4, 0.5) is 26.3 Å². The molecule has 2 saturated heterocycles. The van der Waals surface area contributed by atoms with Gasteiger partial charge in [0.2, 0.25) is 0 Å². The second-order valence-electron chi connectivity index (χ2n) is 10.8. The number of hydrogen-bond donors (Lipinski definition) is 2. The minimum absolute atomic E-state index is 0.0258. The first-order valence-corrected chi connectivity index (χ1v) is 14.8. The molecular formula is C26H28F6N4O4S. The molecule has 3 aromatic rings. The van der Waals surface area contributed by atoms with Gasteiger partial charge in [-0.3, -0.25) is 4.98 Å². The summed E-state index contributed by atoms with van der Waals surface area (Å²) in [6.45, 7) is 1.64. The summed E-state index contributed by atoms with van der Waals surface area (Å²) in [4.78, 5) is 7.59. The van der Waals surface area contributed by atoms with Crippen LogP contribution in [-0.2, 0) is 27.8 Å². The Hall–Kier alpha value is -2.91. The lowest BCUT2D eigenvalue weighted by Gasteiger charge is -2.41. The Morgan fingerprint density at radius 1 is 1.07 bits per heavy atom. The van der Waals surface area contributed by atoms with Crippen LogP contribution in [-0.4, -0.2) is 58.3 Å². The molecular weight excluding hydrogens is 578 g/mol. The van der Waals surface area contributed by atoms with Gasteiger partial charge in [0.1, 0.15) is 27.9 Å². The van der Waals surface area contributed by atoms with E-state index in [9.17, 15) is 39.9 Å². The molecule has 2 aliphatic heterocycles. The molecule has 224 valence electrons. The van der Waals surface area contributed by atoms with Crippen LogP contribution in [0.2, 0.25) is 0 Å². The number of fused-ring (bicyclic) bond motifs is 1. The van der Waals surface area contributed by atoms with Crippen molar-refractivity contribution in [3.8, 4) is 5.75 Å². The number of aliphatic hydroxyl groups is 1. The standard InChI is InChI=1S/C26H28F6N4O4S/c1-15-10-24(37,16-2-3-22(33-12-16)26(30,31)32)11-17(35-15)13-40-19-8-20(25(27,28)29)23-21(9-19)34-14-36(23)18-4-6-41(38,39)7-5-18/h2-3,8-9,12,14-15,17-18,35,37H,4-7,10-11,13H2,1H3/t15-,17-,24-/m0/s1. The van der Waals surface area contributed by atoms with Crippen LogP contribution in [0, 0.1) is 0 Å². The lowest BCUT2D eigenvalue weighted by Crippen LogP contribution is -2.53. The number of ether oxygens (including phenoxy) is 1. The minimum Gasteiger partial charge on any atom is -0.492 e. The molecule has 0 radical (unpaired) electrons. The summed E-state index contributed by atoms with van der Waals surface area (Å²) in [5, 5.41) is 14.5. The van der Waals surface area contributed by atoms with Gasteiger partial charge in [-0.2, -0.15) is 26.3 Å². The average molecular weight is 607 g/mol. The second-order valence-corrected chi connectivity index (χ2v) is 13.1. The number of alkyl halides is 6. The van der Waals surface area contributed by atoms with Gasteiger partial charge in [-0.05, 0) is 44.7 Å². The van der Waals surface area contributed by atoms with Crippen molar-refractivity contribution in [3.63, 3.8) is 0 Å². The Morgan fingerprint density at radius 3 is 2.39 bits per heavy atom. The van der Waals surface area contributed by atoms with Gasteiger partial charge in [-0.25, -0.2) is 13.4 Å². The molecule has 2 N–H and O–H groups in total. The van der Waals surface area contributed by atoms with Crippen molar-refractivity contribution in [2.24, 2.45) is 0 Å². The highest BCUT2D eigenvalue weighted by Crippen LogP contribution is 2.40. The molecule has 2 aromatic heterocycles. The maximum absolute atomic E-state index is 14.2. The number of nitrogens with zero attached hydrogens (tertiary/aromatic N) is 3.